The molecule has 0 amide bonds. The average Bonchev–Trinajstić information content (AvgIpc) is 3.28. The minimum absolute atomic E-state index is 0.0215. The number of guanidine groups is 1. The number of benzene rings is 3. The zero-order chi connectivity index (χ0) is 30.6. The van der Waals surface area contributed by atoms with Crippen LogP contribution in [0.2, 0.25) is 0 Å². The van der Waals surface area contributed by atoms with Crippen molar-refractivity contribution in [1.82, 2.24) is 9.99 Å². The molecule has 0 saturated carbocycles. The molecule has 6 atom stereocenters. The molecule has 2 heterocycles. The summed E-state index contributed by atoms with van der Waals surface area (Å²) in [7, 11) is -4.28. The van der Waals surface area contributed by atoms with Crippen molar-refractivity contribution in [3.8, 4) is 5.75 Å². The van der Waals surface area contributed by atoms with Crippen molar-refractivity contribution in [1.29, 1.82) is 0 Å². The Morgan fingerprint density at radius 3 is 2.60 bits per heavy atom. The normalized spacial score (nSPS) is 23.9. The van der Waals surface area contributed by atoms with E-state index in [4.69, 9.17) is 19.5 Å². The van der Waals surface area contributed by atoms with Crippen LogP contribution in [0, 0.1) is 0 Å². The van der Waals surface area contributed by atoms with Crippen LogP contribution in [0.5, 0.6) is 5.75 Å². The molecule has 0 aliphatic carbocycles. The van der Waals surface area contributed by atoms with Crippen LogP contribution in [-0.4, -0.2) is 68.9 Å². The fourth-order valence-corrected chi connectivity index (χ4v) is 7.62. The summed E-state index contributed by atoms with van der Waals surface area (Å²) in [5, 5.41) is 24.4. The molecule has 43 heavy (non-hydrogen) atoms. The number of aliphatic hydroxyl groups is 2. The number of rotatable bonds is 11. The zero-order valence-electron chi connectivity index (χ0n) is 23.2. The smallest absolute Gasteiger partial charge is 0.459 e. The zero-order valence-corrected chi connectivity index (χ0v) is 24.9. The van der Waals surface area contributed by atoms with Crippen LogP contribution < -0.4 is 15.3 Å². The van der Waals surface area contributed by atoms with E-state index in [2.05, 4.69) is 21.7 Å². The third-order valence-electron chi connectivity index (χ3n) is 6.77. The van der Waals surface area contributed by atoms with Gasteiger partial charge in [0, 0.05) is 5.39 Å². The van der Waals surface area contributed by atoms with E-state index in [1.165, 1.54) is 18.2 Å². The SMILES string of the molecule is C=C1N=C(N)N=CN1[C@@H]1S[C@H](COP(=O)(N[C@@H](C)C(=O)OCc2ccccc2)Oc2cccc3ccccc23)[C@H](O)C1O. The van der Waals surface area contributed by atoms with E-state index in [1.54, 1.807) is 12.1 Å². The molecule has 1 saturated heterocycles. The number of carbonyl (C=O) groups is 1. The molecule has 2 unspecified atom stereocenters. The fourth-order valence-electron chi connectivity index (χ4n) is 4.53. The number of aliphatic hydroxyl groups excluding tert-OH is 2. The Labute approximate surface area is 252 Å². The number of nitrogens with one attached hydrogen (secondary N) is 1. The third-order valence-corrected chi connectivity index (χ3v) is 9.95. The van der Waals surface area contributed by atoms with Gasteiger partial charge in [-0.05, 0) is 23.9 Å². The van der Waals surface area contributed by atoms with Crippen LogP contribution in [0.4, 0.5) is 0 Å². The summed E-state index contributed by atoms with van der Waals surface area (Å²) in [5.41, 5.74) is 6.42. The molecule has 1 fully saturated rings. The van der Waals surface area contributed by atoms with E-state index in [0.29, 0.717) is 5.39 Å². The lowest BCUT2D eigenvalue weighted by atomic mass is 10.1. The van der Waals surface area contributed by atoms with Crippen LogP contribution >= 0.6 is 19.5 Å². The number of aliphatic imine (C=N–C) groups is 2. The van der Waals surface area contributed by atoms with Crippen molar-refractivity contribution in [2.24, 2.45) is 15.7 Å². The Bertz CT molecular complexity index is 1580. The molecule has 5 rings (SSSR count). The number of thioether (sulfide) groups is 1. The van der Waals surface area contributed by atoms with Crippen molar-refractivity contribution < 1.29 is 33.4 Å². The average molecular weight is 626 g/mol. The first-order valence-electron chi connectivity index (χ1n) is 13.4. The number of ether oxygens (including phenoxy) is 1. The molecule has 5 N–H and O–H groups in total. The van der Waals surface area contributed by atoms with Gasteiger partial charge < -0.3 is 30.1 Å². The topological polar surface area (TPSA) is 168 Å². The highest BCUT2D eigenvalue weighted by Gasteiger charge is 2.47. The molecule has 12 nitrogen and oxygen atoms in total. The minimum atomic E-state index is -4.28. The van der Waals surface area contributed by atoms with Gasteiger partial charge in [-0.1, -0.05) is 73.3 Å². The van der Waals surface area contributed by atoms with Gasteiger partial charge in [-0.2, -0.15) is 10.1 Å². The number of hydrogen-bond donors (Lipinski definition) is 4. The van der Waals surface area contributed by atoms with Crippen molar-refractivity contribution in [2.75, 3.05) is 6.61 Å². The van der Waals surface area contributed by atoms with Crippen LogP contribution in [0.1, 0.15) is 12.5 Å². The van der Waals surface area contributed by atoms with Gasteiger partial charge in [-0.3, -0.25) is 9.32 Å². The summed E-state index contributed by atoms with van der Waals surface area (Å²) in [6, 6.07) is 20.7. The largest absolute Gasteiger partial charge is 0.460 e. The summed E-state index contributed by atoms with van der Waals surface area (Å²) in [4.78, 5) is 22.3. The van der Waals surface area contributed by atoms with E-state index in [-0.39, 0.29) is 30.7 Å². The lowest BCUT2D eigenvalue weighted by Crippen LogP contribution is -2.43. The fraction of sp³-hybridized carbons (Fsp3) is 0.276. The van der Waals surface area contributed by atoms with Crippen molar-refractivity contribution in [2.45, 2.75) is 42.4 Å². The van der Waals surface area contributed by atoms with E-state index in [1.807, 2.05) is 60.7 Å². The molecule has 0 radical (unpaired) electrons. The predicted octanol–water partition coefficient (Wildman–Crippen LogP) is 3.36. The number of fused-ring (bicyclic) bond motifs is 1. The lowest BCUT2D eigenvalue weighted by molar-refractivity contribution is -0.146. The highest BCUT2D eigenvalue weighted by Crippen LogP contribution is 2.48. The van der Waals surface area contributed by atoms with Crippen LogP contribution in [0.3, 0.4) is 0 Å². The highest BCUT2D eigenvalue weighted by atomic mass is 32.2. The molecule has 3 aromatic carbocycles. The Balaban J connectivity index is 1.32. The molecule has 226 valence electrons. The van der Waals surface area contributed by atoms with Crippen molar-refractivity contribution in [3.63, 3.8) is 0 Å². The van der Waals surface area contributed by atoms with Crippen LogP contribution in [0.25, 0.3) is 10.8 Å². The summed E-state index contributed by atoms with van der Waals surface area (Å²) in [6.45, 7) is 5.05. The van der Waals surface area contributed by atoms with Gasteiger partial charge in [-0.15, -0.1) is 11.8 Å². The summed E-state index contributed by atoms with van der Waals surface area (Å²) < 4.78 is 31.5. The summed E-state index contributed by atoms with van der Waals surface area (Å²) in [5.74, 6) is -0.129. The van der Waals surface area contributed by atoms with Gasteiger partial charge in [0.15, 0.2) is 0 Å². The number of hydrogen-bond acceptors (Lipinski definition) is 12. The van der Waals surface area contributed by atoms with Gasteiger partial charge in [-0.25, -0.2) is 9.56 Å². The van der Waals surface area contributed by atoms with Crippen molar-refractivity contribution in [3.05, 3.63) is 90.8 Å². The van der Waals surface area contributed by atoms with E-state index in [9.17, 15) is 19.6 Å². The molecule has 14 heteroatoms. The second-order valence-corrected chi connectivity index (χ2v) is 12.9. The number of carbonyl (C=O) groups excluding carboxylic acids is 1. The Hall–Kier alpha value is -3.71. The quantitative estimate of drug-likeness (QED) is 0.182. The van der Waals surface area contributed by atoms with E-state index < -0.39 is 42.6 Å². The second-order valence-electron chi connectivity index (χ2n) is 9.89. The highest BCUT2D eigenvalue weighted by molar-refractivity contribution is 8.00. The molecule has 2 aliphatic heterocycles. The first-order chi connectivity index (χ1) is 20.6. The minimum Gasteiger partial charge on any atom is -0.460 e. The first kappa shape index (κ1) is 30.7. The molecular weight excluding hydrogens is 593 g/mol. The number of nitrogens with zero attached hydrogens (tertiary/aromatic N) is 3. The number of nitrogens with two attached hydrogens (primary N) is 1. The maximum Gasteiger partial charge on any atom is 0.459 e. The van der Waals surface area contributed by atoms with Crippen LogP contribution in [-0.2, 0) is 25.2 Å². The lowest BCUT2D eigenvalue weighted by Gasteiger charge is -2.29. The predicted molar refractivity (Wildman–Crippen MR) is 165 cm³/mol. The Morgan fingerprint density at radius 1 is 1.12 bits per heavy atom. The summed E-state index contributed by atoms with van der Waals surface area (Å²) >= 11 is 1.16. The van der Waals surface area contributed by atoms with Crippen LogP contribution in [0.15, 0.2) is 95.2 Å². The molecular formula is C29H32N5O7PS. The summed E-state index contributed by atoms with van der Waals surface area (Å²) in [6.07, 6.45) is -1.13. The van der Waals surface area contributed by atoms with Gasteiger partial charge in [0.1, 0.15) is 42.0 Å². The van der Waals surface area contributed by atoms with Crippen molar-refractivity contribution >= 4 is 48.5 Å². The van der Waals surface area contributed by atoms with Gasteiger partial charge in [0.25, 0.3) is 0 Å². The molecule has 0 aromatic heterocycles. The van der Waals surface area contributed by atoms with Gasteiger partial charge >= 0.3 is 13.7 Å². The standard InChI is InChI=1S/C29H32N5O7PS/c1-18(28(37)39-15-20-9-4-3-5-10-20)33-42(38,41-23-14-8-12-21-11-6-7-13-22(21)23)40-16-24-25(35)26(36)27(43-24)34-17-31-29(30)32-19(34)2/h3-14,17-18,24-27,35-36H,2,15-16H2,1H3,(H2,30,32)(H,33,38)/t18-,24+,25-,26?,27+,42?/m0/s1. The Kier molecular flexibility index (Phi) is 9.50. The molecule has 2 aliphatic rings. The Morgan fingerprint density at radius 2 is 1.84 bits per heavy atom. The third kappa shape index (κ3) is 7.27. The maximum atomic E-state index is 14.2. The second kappa shape index (κ2) is 13.3. The molecule has 3 aromatic rings. The number of esters is 1. The maximum absolute atomic E-state index is 14.2. The van der Waals surface area contributed by atoms with Gasteiger partial charge in [0.2, 0.25) is 5.96 Å². The van der Waals surface area contributed by atoms with E-state index >= 15 is 0 Å². The monoisotopic (exact) mass is 625 g/mol. The van der Waals surface area contributed by atoms with E-state index in [0.717, 1.165) is 22.7 Å². The first-order valence-corrected chi connectivity index (χ1v) is 15.9. The molecule has 0 spiro atoms. The van der Waals surface area contributed by atoms with Gasteiger partial charge in [0.05, 0.1) is 18.0 Å². The molecule has 0 bridgehead atoms.